The average Bonchev–Trinajstić information content (AvgIpc) is 2.96. The van der Waals surface area contributed by atoms with E-state index in [-0.39, 0.29) is 17.8 Å². The molecule has 1 aliphatic heterocycles. The number of carbonyl (C=O) groups excluding carboxylic acids is 1. The number of hydrogen-bond donors (Lipinski definition) is 1. The molecule has 1 fully saturated rings. The van der Waals surface area contributed by atoms with Crippen LogP contribution in [0.5, 0.6) is 0 Å². The molecule has 1 aliphatic rings. The molecule has 1 aromatic carbocycles. The summed E-state index contributed by atoms with van der Waals surface area (Å²) in [6.07, 6.45) is 3.71. The monoisotopic (exact) mass is 317 g/mol. The number of oxazole rings is 1. The number of nitrogens with zero attached hydrogens (tertiary/aromatic N) is 2. The Morgan fingerprint density at radius 2 is 2.22 bits per heavy atom. The molecule has 0 radical (unpaired) electrons. The lowest BCUT2D eigenvalue weighted by Gasteiger charge is -2.31. The highest BCUT2D eigenvalue weighted by Crippen LogP contribution is 2.22. The zero-order valence-corrected chi connectivity index (χ0v) is 13.1. The van der Waals surface area contributed by atoms with Crippen LogP contribution in [-0.2, 0) is 11.3 Å². The van der Waals surface area contributed by atoms with Crippen molar-refractivity contribution in [1.29, 1.82) is 0 Å². The van der Waals surface area contributed by atoms with Gasteiger partial charge in [0.05, 0.1) is 12.7 Å². The number of piperidine rings is 1. The van der Waals surface area contributed by atoms with Gasteiger partial charge in [-0.05, 0) is 43.7 Å². The lowest BCUT2D eigenvalue weighted by Crippen LogP contribution is -2.46. The van der Waals surface area contributed by atoms with E-state index in [1.807, 2.05) is 0 Å². The van der Waals surface area contributed by atoms with Crippen LogP contribution in [0.1, 0.15) is 25.7 Å². The van der Waals surface area contributed by atoms with E-state index >= 15 is 0 Å². The minimum Gasteiger partial charge on any atom is -0.439 e. The van der Waals surface area contributed by atoms with Crippen LogP contribution in [0.25, 0.3) is 11.3 Å². The number of aromatic nitrogens is 1. The molecule has 2 aromatic rings. The molecule has 1 atom stereocenters. The number of rotatable bonds is 4. The van der Waals surface area contributed by atoms with Crippen LogP contribution in [0.15, 0.2) is 34.9 Å². The van der Waals surface area contributed by atoms with Crippen LogP contribution in [0.3, 0.4) is 0 Å². The molecule has 23 heavy (non-hydrogen) atoms. The van der Waals surface area contributed by atoms with E-state index < -0.39 is 0 Å². The first-order valence-corrected chi connectivity index (χ1v) is 7.80. The van der Waals surface area contributed by atoms with E-state index in [0.717, 1.165) is 31.5 Å². The summed E-state index contributed by atoms with van der Waals surface area (Å²) in [5, 5.41) is 2.97. The highest BCUT2D eigenvalue weighted by molar-refractivity contribution is 5.73. The molecule has 0 aliphatic carbocycles. The Labute approximate surface area is 134 Å². The van der Waals surface area contributed by atoms with Crippen LogP contribution < -0.4 is 5.32 Å². The second-order valence-electron chi connectivity index (χ2n) is 5.90. The molecule has 1 amide bonds. The van der Waals surface area contributed by atoms with Crippen molar-refractivity contribution in [1.82, 2.24) is 15.2 Å². The third-order valence-electron chi connectivity index (χ3n) is 3.95. The van der Waals surface area contributed by atoms with Gasteiger partial charge in [0.15, 0.2) is 5.76 Å². The second-order valence-corrected chi connectivity index (χ2v) is 5.90. The van der Waals surface area contributed by atoms with Crippen molar-refractivity contribution >= 4 is 5.91 Å². The van der Waals surface area contributed by atoms with Gasteiger partial charge >= 0.3 is 0 Å². The Morgan fingerprint density at radius 1 is 1.43 bits per heavy atom. The Hall–Kier alpha value is -2.21. The lowest BCUT2D eigenvalue weighted by molar-refractivity contribution is -0.120. The SMILES string of the molecule is CC(=O)NC1CCCN(Cc2ncc(-c3ccc(F)cc3)o2)C1. The molecular weight excluding hydrogens is 297 g/mol. The van der Waals surface area contributed by atoms with Crippen molar-refractivity contribution in [3.63, 3.8) is 0 Å². The van der Waals surface area contributed by atoms with Crippen LogP contribution in [0, 0.1) is 5.82 Å². The minimum atomic E-state index is -0.272. The van der Waals surface area contributed by atoms with E-state index in [0.29, 0.717) is 18.2 Å². The van der Waals surface area contributed by atoms with Crippen LogP contribution in [0.4, 0.5) is 4.39 Å². The molecule has 6 heteroatoms. The molecule has 2 heterocycles. The van der Waals surface area contributed by atoms with Gasteiger partial charge in [-0.1, -0.05) is 0 Å². The van der Waals surface area contributed by atoms with E-state index in [4.69, 9.17) is 4.42 Å². The molecule has 1 saturated heterocycles. The van der Waals surface area contributed by atoms with Crippen molar-refractivity contribution in [3.8, 4) is 11.3 Å². The fourth-order valence-electron chi connectivity index (χ4n) is 2.93. The zero-order chi connectivity index (χ0) is 16.2. The number of halogens is 1. The summed E-state index contributed by atoms with van der Waals surface area (Å²) in [5.41, 5.74) is 0.805. The summed E-state index contributed by atoms with van der Waals surface area (Å²) in [5.74, 6) is 1.00. The van der Waals surface area contributed by atoms with E-state index in [9.17, 15) is 9.18 Å². The molecule has 0 bridgehead atoms. The van der Waals surface area contributed by atoms with Gasteiger partial charge in [-0.2, -0.15) is 0 Å². The summed E-state index contributed by atoms with van der Waals surface area (Å²) >= 11 is 0. The fraction of sp³-hybridized carbons (Fsp3) is 0.412. The van der Waals surface area contributed by atoms with Gasteiger partial charge in [0.2, 0.25) is 11.8 Å². The summed E-state index contributed by atoms with van der Waals surface area (Å²) < 4.78 is 18.7. The maximum absolute atomic E-state index is 13.0. The number of amides is 1. The largest absolute Gasteiger partial charge is 0.439 e. The van der Waals surface area contributed by atoms with Crippen LogP contribution in [-0.4, -0.2) is 34.9 Å². The molecular formula is C17H20FN3O2. The second kappa shape index (κ2) is 6.91. The Kier molecular flexibility index (Phi) is 4.71. The van der Waals surface area contributed by atoms with Gasteiger partial charge < -0.3 is 9.73 Å². The van der Waals surface area contributed by atoms with Crippen molar-refractivity contribution in [2.75, 3.05) is 13.1 Å². The predicted octanol–water partition coefficient (Wildman–Crippen LogP) is 2.58. The fourth-order valence-corrected chi connectivity index (χ4v) is 2.93. The first-order valence-electron chi connectivity index (χ1n) is 7.80. The normalized spacial score (nSPS) is 18.8. The minimum absolute atomic E-state index is 0.00608. The lowest BCUT2D eigenvalue weighted by atomic mass is 10.1. The van der Waals surface area contributed by atoms with Gasteiger partial charge in [-0.3, -0.25) is 9.69 Å². The first-order chi connectivity index (χ1) is 11.1. The summed E-state index contributed by atoms with van der Waals surface area (Å²) in [6, 6.07) is 6.34. The van der Waals surface area contributed by atoms with Crippen molar-refractivity contribution in [3.05, 3.63) is 42.2 Å². The third-order valence-corrected chi connectivity index (χ3v) is 3.95. The highest BCUT2D eigenvalue weighted by atomic mass is 19.1. The zero-order valence-electron chi connectivity index (χ0n) is 13.1. The number of carbonyl (C=O) groups is 1. The molecule has 1 N–H and O–H groups in total. The number of benzene rings is 1. The molecule has 5 nitrogen and oxygen atoms in total. The molecule has 1 unspecified atom stereocenters. The number of hydrogen-bond acceptors (Lipinski definition) is 4. The van der Waals surface area contributed by atoms with E-state index in [1.165, 1.54) is 12.1 Å². The average molecular weight is 317 g/mol. The number of likely N-dealkylation sites (tertiary alicyclic amines) is 1. The molecule has 3 rings (SSSR count). The molecule has 0 saturated carbocycles. The van der Waals surface area contributed by atoms with Gasteiger partial charge in [0.1, 0.15) is 5.82 Å². The van der Waals surface area contributed by atoms with Gasteiger partial charge in [-0.15, -0.1) is 0 Å². The van der Waals surface area contributed by atoms with Crippen LogP contribution >= 0.6 is 0 Å². The molecule has 122 valence electrons. The Morgan fingerprint density at radius 3 is 2.96 bits per heavy atom. The summed E-state index contributed by atoms with van der Waals surface area (Å²) in [4.78, 5) is 17.7. The maximum atomic E-state index is 13.0. The van der Waals surface area contributed by atoms with Gasteiger partial charge in [0, 0.05) is 25.1 Å². The molecule has 0 spiro atoms. The topological polar surface area (TPSA) is 58.4 Å². The van der Waals surface area contributed by atoms with E-state index in [2.05, 4.69) is 15.2 Å². The Balaban J connectivity index is 1.62. The van der Waals surface area contributed by atoms with Crippen molar-refractivity contribution in [2.45, 2.75) is 32.4 Å². The standard InChI is InChI=1S/C17H20FN3O2/c1-12(22)20-15-3-2-8-21(10-15)11-17-19-9-16(23-17)13-4-6-14(18)7-5-13/h4-7,9,15H,2-3,8,10-11H2,1H3,(H,20,22). The molecule has 1 aromatic heterocycles. The smallest absolute Gasteiger partial charge is 0.217 e. The highest BCUT2D eigenvalue weighted by Gasteiger charge is 2.21. The third kappa shape index (κ3) is 4.16. The number of nitrogens with one attached hydrogen (secondary N) is 1. The first kappa shape index (κ1) is 15.7. The predicted molar refractivity (Wildman–Crippen MR) is 84.0 cm³/mol. The van der Waals surface area contributed by atoms with Crippen LogP contribution in [0.2, 0.25) is 0 Å². The van der Waals surface area contributed by atoms with Gasteiger partial charge in [0.25, 0.3) is 0 Å². The van der Waals surface area contributed by atoms with Crippen molar-refractivity contribution in [2.24, 2.45) is 0 Å². The van der Waals surface area contributed by atoms with Gasteiger partial charge in [-0.25, -0.2) is 9.37 Å². The maximum Gasteiger partial charge on any atom is 0.217 e. The summed E-state index contributed by atoms with van der Waals surface area (Å²) in [7, 11) is 0. The quantitative estimate of drug-likeness (QED) is 0.941. The Bertz CT molecular complexity index is 669. The summed E-state index contributed by atoms with van der Waals surface area (Å²) in [6.45, 7) is 3.91. The van der Waals surface area contributed by atoms with E-state index in [1.54, 1.807) is 25.3 Å². The van der Waals surface area contributed by atoms with Crippen molar-refractivity contribution < 1.29 is 13.6 Å².